The Morgan fingerprint density at radius 3 is 2.42 bits per heavy atom. The summed E-state index contributed by atoms with van der Waals surface area (Å²) in [6, 6.07) is 23.9. The van der Waals surface area contributed by atoms with Crippen molar-refractivity contribution in [1.82, 2.24) is 9.80 Å². The number of fused-ring (bicyclic) bond motifs is 1. The van der Waals surface area contributed by atoms with Crippen molar-refractivity contribution in [2.75, 3.05) is 32.1 Å². The molecule has 3 aromatic carbocycles. The first-order chi connectivity index (χ1) is 19.3. The Hall–Kier alpha value is -3.68. The molecule has 1 saturated carbocycles. The molecule has 2 N–H and O–H groups in total. The van der Waals surface area contributed by atoms with Crippen LogP contribution in [0.3, 0.4) is 0 Å². The summed E-state index contributed by atoms with van der Waals surface area (Å²) in [7, 11) is 2.07. The summed E-state index contributed by atoms with van der Waals surface area (Å²) in [4.78, 5) is 30.2. The maximum atomic E-state index is 13.6. The smallest absolute Gasteiger partial charge is 0.258 e. The monoisotopic (exact) mass is 541 g/mol. The molecule has 5 rings (SSSR count). The first-order valence-electron chi connectivity index (χ1n) is 14.2. The standard InChI is InChI=1S/C33H39N3O4/c1-22-18-36(23(2)21-37)33(39)28-10-7-11-29(34-32(38)27-16-17-27)31(28)40-30(22)20-35(3)19-24-12-14-26(15-13-24)25-8-5-4-6-9-25/h4-15,22-23,27,30,37H,16-21H2,1-3H3,(H,34,38)/t22-,23-,30+/m1/s1. The van der Waals surface area contributed by atoms with Crippen molar-refractivity contribution in [3.05, 3.63) is 83.9 Å². The molecular weight excluding hydrogens is 502 g/mol. The van der Waals surface area contributed by atoms with Gasteiger partial charge < -0.3 is 20.1 Å². The molecular formula is C33H39N3O4. The molecule has 1 aliphatic heterocycles. The van der Waals surface area contributed by atoms with Crippen LogP contribution in [0.15, 0.2) is 72.8 Å². The van der Waals surface area contributed by atoms with E-state index < -0.39 is 0 Å². The lowest BCUT2D eigenvalue weighted by Crippen LogP contribution is -2.49. The molecule has 1 aliphatic carbocycles. The van der Waals surface area contributed by atoms with Crippen molar-refractivity contribution in [1.29, 1.82) is 0 Å². The van der Waals surface area contributed by atoms with Gasteiger partial charge in [0.15, 0.2) is 5.75 Å². The Kier molecular flexibility index (Phi) is 8.52. The lowest BCUT2D eigenvalue weighted by atomic mass is 9.98. The first kappa shape index (κ1) is 27.9. The van der Waals surface area contributed by atoms with E-state index in [1.54, 1.807) is 23.1 Å². The van der Waals surface area contributed by atoms with Gasteiger partial charge in [-0.25, -0.2) is 0 Å². The number of nitrogens with one attached hydrogen (secondary N) is 1. The van der Waals surface area contributed by atoms with Crippen LogP contribution >= 0.6 is 0 Å². The summed E-state index contributed by atoms with van der Waals surface area (Å²) >= 11 is 0. The molecule has 3 aromatic rings. The molecule has 7 heteroatoms. The fourth-order valence-electron chi connectivity index (χ4n) is 5.26. The largest absolute Gasteiger partial charge is 0.486 e. The van der Waals surface area contributed by atoms with Gasteiger partial charge in [-0.05, 0) is 55.6 Å². The normalized spacial score (nSPS) is 19.8. The summed E-state index contributed by atoms with van der Waals surface area (Å²) < 4.78 is 6.63. The predicted octanol–water partition coefficient (Wildman–Crippen LogP) is 5.05. The first-order valence-corrected chi connectivity index (χ1v) is 14.2. The molecule has 7 nitrogen and oxygen atoms in total. The third-order valence-corrected chi connectivity index (χ3v) is 7.90. The number of ether oxygens (including phenoxy) is 1. The molecule has 3 atom stereocenters. The third-order valence-electron chi connectivity index (χ3n) is 7.90. The van der Waals surface area contributed by atoms with E-state index in [2.05, 4.69) is 60.6 Å². The number of hydrogen-bond donors (Lipinski definition) is 2. The zero-order chi connectivity index (χ0) is 28.2. The summed E-state index contributed by atoms with van der Waals surface area (Å²) in [5, 5.41) is 12.9. The molecule has 40 heavy (non-hydrogen) atoms. The highest BCUT2D eigenvalue weighted by atomic mass is 16.5. The average molecular weight is 542 g/mol. The number of likely N-dealkylation sites (N-methyl/N-ethyl adjacent to an activating group) is 1. The fourth-order valence-corrected chi connectivity index (χ4v) is 5.26. The Balaban J connectivity index is 1.37. The number of nitrogens with zero attached hydrogens (tertiary/aromatic N) is 2. The molecule has 0 bridgehead atoms. The molecule has 1 fully saturated rings. The van der Waals surface area contributed by atoms with Crippen LogP contribution < -0.4 is 10.1 Å². The third kappa shape index (κ3) is 6.37. The number of anilines is 1. The van der Waals surface area contributed by atoms with E-state index in [-0.39, 0.29) is 42.4 Å². The van der Waals surface area contributed by atoms with Crippen LogP contribution in [0.25, 0.3) is 11.1 Å². The van der Waals surface area contributed by atoms with Crippen molar-refractivity contribution in [2.45, 2.75) is 45.4 Å². The molecule has 0 spiro atoms. The van der Waals surface area contributed by atoms with Crippen molar-refractivity contribution in [3.8, 4) is 16.9 Å². The van der Waals surface area contributed by atoms with E-state index in [9.17, 15) is 14.7 Å². The maximum absolute atomic E-state index is 13.6. The van der Waals surface area contributed by atoms with Gasteiger partial charge in [-0.1, -0.05) is 67.6 Å². The Labute approximate surface area is 236 Å². The second-order valence-corrected chi connectivity index (χ2v) is 11.3. The van der Waals surface area contributed by atoms with Gasteiger partial charge in [-0.15, -0.1) is 0 Å². The van der Waals surface area contributed by atoms with Gasteiger partial charge in [-0.2, -0.15) is 0 Å². The average Bonchev–Trinajstić information content (AvgIpc) is 3.82. The summed E-state index contributed by atoms with van der Waals surface area (Å²) in [6.07, 6.45) is 1.53. The summed E-state index contributed by atoms with van der Waals surface area (Å²) in [5.74, 6) is 0.194. The second-order valence-electron chi connectivity index (χ2n) is 11.3. The van der Waals surface area contributed by atoms with E-state index in [1.165, 1.54) is 16.7 Å². The second kappa shape index (κ2) is 12.2. The minimum absolute atomic E-state index is 0.0128. The number of rotatable bonds is 9. The number of amides is 2. The number of aliphatic hydroxyl groups is 1. The number of carbonyl (C=O) groups is 2. The van der Waals surface area contributed by atoms with Crippen LogP contribution in [0.5, 0.6) is 5.75 Å². The van der Waals surface area contributed by atoms with Crippen LogP contribution in [0, 0.1) is 11.8 Å². The molecule has 2 aliphatic rings. The maximum Gasteiger partial charge on any atom is 0.258 e. The van der Waals surface area contributed by atoms with Crippen LogP contribution in [0.2, 0.25) is 0 Å². The Bertz CT molecular complexity index is 1320. The molecule has 0 saturated heterocycles. The van der Waals surface area contributed by atoms with Crippen molar-refractivity contribution >= 4 is 17.5 Å². The predicted molar refractivity (Wildman–Crippen MR) is 157 cm³/mol. The zero-order valence-electron chi connectivity index (χ0n) is 23.5. The van der Waals surface area contributed by atoms with Crippen LogP contribution in [-0.4, -0.2) is 65.6 Å². The van der Waals surface area contributed by atoms with E-state index in [1.807, 2.05) is 25.1 Å². The number of benzene rings is 3. The lowest BCUT2D eigenvalue weighted by Gasteiger charge is -2.38. The lowest BCUT2D eigenvalue weighted by molar-refractivity contribution is -0.117. The Morgan fingerprint density at radius 1 is 1.05 bits per heavy atom. The van der Waals surface area contributed by atoms with Gasteiger partial charge >= 0.3 is 0 Å². The highest BCUT2D eigenvalue weighted by molar-refractivity contribution is 6.02. The molecule has 0 radical (unpaired) electrons. The number of para-hydroxylation sites is 1. The molecule has 210 valence electrons. The number of carbonyl (C=O) groups excluding carboxylic acids is 2. The number of hydrogen-bond acceptors (Lipinski definition) is 5. The summed E-state index contributed by atoms with van der Waals surface area (Å²) in [6.45, 7) is 5.63. The van der Waals surface area contributed by atoms with Gasteiger partial charge in [-0.3, -0.25) is 14.5 Å². The topological polar surface area (TPSA) is 82.1 Å². The number of aliphatic hydroxyl groups excluding tert-OH is 1. The quantitative estimate of drug-likeness (QED) is 0.396. The highest BCUT2D eigenvalue weighted by Gasteiger charge is 2.36. The van der Waals surface area contributed by atoms with Crippen molar-refractivity contribution in [2.24, 2.45) is 11.8 Å². The van der Waals surface area contributed by atoms with Gasteiger partial charge in [0.1, 0.15) is 6.10 Å². The van der Waals surface area contributed by atoms with Crippen LogP contribution in [0.4, 0.5) is 5.69 Å². The molecule has 0 aromatic heterocycles. The molecule has 1 heterocycles. The van der Waals surface area contributed by atoms with Crippen molar-refractivity contribution in [3.63, 3.8) is 0 Å². The van der Waals surface area contributed by atoms with Gasteiger partial charge in [0.05, 0.1) is 23.9 Å². The van der Waals surface area contributed by atoms with Crippen LogP contribution in [-0.2, 0) is 11.3 Å². The van der Waals surface area contributed by atoms with E-state index >= 15 is 0 Å². The molecule has 2 amide bonds. The summed E-state index contributed by atoms with van der Waals surface area (Å²) in [5.41, 5.74) is 4.51. The Morgan fingerprint density at radius 2 is 1.75 bits per heavy atom. The van der Waals surface area contributed by atoms with Gasteiger partial charge in [0.2, 0.25) is 5.91 Å². The SMILES string of the molecule is C[C@@H]1CN([C@H](C)CO)C(=O)c2cccc(NC(=O)C3CC3)c2O[C@H]1CN(C)Cc1ccc(-c2ccccc2)cc1. The fraction of sp³-hybridized carbons (Fsp3) is 0.394. The van der Waals surface area contributed by atoms with Crippen LogP contribution in [0.1, 0.15) is 42.6 Å². The van der Waals surface area contributed by atoms with E-state index in [0.29, 0.717) is 30.1 Å². The van der Waals surface area contributed by atoms with Gasteiger partial charge in [0, 0.05) is 31.5 Å². The minimum Gasteiger partial charge on any atom is -0.486 e. The van der Waals surface area contributed by atoms with Gasteiger partial charge in [0.25, 0.3) is 5.91 Å². The van der Waals surface area contributed by atoms with E-state index in [0.717, 1.165) is 19.4 Å². The van der Waals surface area contributed by atoms with Crippen molar-refractivity contribution < 1.29 is 19.4 Å². The highest BCUT2D eigenvalue weighted by Crippen LogP contribution is 2.37. The zero-order valence-corrected chi connectivity index (χ0v) is 23.5. The minimum atomic E-state index is -0.341. The molecule has 0 unspecified atom stereocenters. The van der Waals surface area contributed by atoms with E-state index in [4.69, 9.17) is 4.74 Å².